The Balaban J connectivity index is 2.53. The third kappa shape index (κ3) is 2.31. The van der Waals surface area contributed by atoms with E-state index < -0.39 is 0 Å². The first kappa shape index (κ1) is 10.5. The van der Waals surface area contributed by atoms with Crippen molar-refractivity contribution in [3.05, 3.63) is 53.3 Å². The molecule has 0 saturated heterocycles. The number of alkyl halides is 1. The van der Waals surface area contributed by atoms with Gasteiger partial charge in [-0.25, -0.2) is 0 Å². The Bertz CT molecular complexity index is 469. The highest BCUT2D eigenvalue weighted by Crippen LogP contribution is 2.26. The minimum absolute atomic E-state index is 0.454. The second-order valence-corrected chi connectivity index (χ2v) is 3.88. The van der Waals surface area contributed by atoms with E-state index >= 15 is 0 Å². The second kappa shape index (κ2) is 4.65. The fourth-order valence-corrected chi connectivity index (χ4v) is 1.87. The predicted molar refractivity (Wildman–Crippen MR) is 64.2 cm³/mol. The molecule has 1 nitrogen and oxygen atoms in total. The molecule has 76 valence electrons. The van der Waals surface area contributed by atoms with Gasteiger partial charge in [0.25, 0.3) is 0 Å². The lowest BCUT2D eigenvalue weighted by atomic mass is 10.0. The number of nitrogens with zero attached hydrogens (tertiary/aromatic N) is 1. The molecule has 0 amide bonds. The minimum atomic E-state index is 0.454. The summed E-state index contributed by atoms with van der Waals surface area (Å²) >= 11 is 11.8. The van der Waals surface area contributed by atoms with Crippen LogP contribution in [0, 0.1) is 0 Å². The number of hydrogen-bond acceptors (Lipinski definition) is 1. The average molecular weight is 238 g/mol. The molecule has 0 radical (unpaired) electrons. The molecule has 3 heteroatoms. The first-order valence-corrected chi connectivity index (χ1v) is 5.47. The van der Waals surface area contributed by atoms with Crippen LogP contribution in [0.15, 0.2) is 42.7 Å². The van der Waals surface area contributed by atoms with Gasteiger partial charge in [-0.3, -0.25) is 4.98 Å². The van der Waals surface area contributed by atoms with Crippen molar-refractivity contribution in [1.29, 1.82) is 0 Å². The zero-order chi connectivity index (χ0) is 10.7. The van der Waals surface area contributed by atoms with Crippen LogP contribution in [-0.4, -0.2) is 4.98 Å². The summed E-state index contributed by atoms with van der Waals surface area (Å²) in [5.41, 5.74) is 3.17. The van der Waals surface area contributed by atoms with Gasteiger partial charge in [0, 0.05) is 23.3 Å². The summed E-state index contributed by atoms with van der Waals surface area (Å²) < 4.78 is 0. The van der Waals surface area contributed by atoms with E-state index in [1.807, 2.05) is 30.3 Å². The summed E-state index contributed by atoms with van der Waals surface area (Å²) in [6.07, 6.45) is 3.54. The highest BCUT2D eigenvalue weighted by Gasteiger charge is 2.03. The van der Waals surface area contributed by atoms with Crippen LogP contribution in [0.25, 0.3) is 11.1 Å². The molecule has 0 spiro atoms. The number of benzene rings is 1. The molecule has 2 aromatic rings. The molecule has 0 N–H and O–H groups in total. The molecule has 0 fully saturated rings. The van der Waals surface area contributed by atoms with Crippen LogP contribution in [0.3, 0.4) is 0 Å². The highest BCUT2D eigenvalue weighted by atomic mass is 35.5. The van der Waals surface area contributed by atoms with Crippen molar-refractivity contribution in [2.75, 3.05) is 0 Å². The summed E-state index contributed by atoms with van der Waals surface area (Å²) in [5.74, 6) is 0.454. The minimum Gasteiger partial charge on any atom is -0.264 e. The van der Waals surface area contributed by atoms with Gasteiger partial charge in [0.05, 0.1) is 0 Å². The van der Waals surface area contributed by atoms with Crippen LogP contribution < -0.4 is 0 Å². The quantitative estimate of drug-likeness (QED) is 0.716. The van der Waals surface area contributed by atoms with E-state index in [1.54, 1.807) is 12.4 Å². The van der Waals surface area contributed by atoms with Gasteiger partial charge in [0.15, 0.2) is 0 Å². The maximum atomic E-state index is 5.94. The first-order chi connectivity index (χ1) is 7.31. The number of halogens is 2. The largest absolute Gasteiger partial charge is 0.264 e. The molecule has 1 aromatic heterocycles. The molecule has 0 aliphatic heterocycles. The average Bonchev–Trinajstić information content (AvgIpc) is 2.29. The van der Waals surface area contributed by atoms with Crippen molar-refractivity contribution >= 4 is 23.2 Å². The molecule has 1 aromatic carbocycles. The van der Waals surface area contributed by atoms with Gasteiger partial charge in [-0.05, 0) is 34.9 Å². The van der Waals surface area contributed by atoms with Gasteiger partial charge in [0.2, 0.25) is 0 Å². The zero-order valence-electron chi connectivity index (χ0n) is 7.95. The van der Waals surface area contributed by atoms with Crippen molar-refractivity contribution in [3.8, 4) is 11.1 Å². The van der Waals surface area contributed by atoms with Gasteiger partial charge in [-0.1, -0.05) is 23.7 Å². The second-order valence-electron chi connectivity index (χ2n) is 3.18. The Hall–Kier alpha value is -1.05. The SMILES string of the molecule is ClCc1cnccc1-c1cccc(Cl)c1. The van der Waals surface area contributed by atoms with Gasteiger partial charge in [0.1, 0.15) is 0 Å². The van der Waals surface area contributed by atoms with E-state index in [9.17, 15) is 0 Å². The topological polar surface area (TPSA) is 12.9 Å². The summed E-state index contributed by atoms with van der Waals surface area (Å²) in [4.78, 5) is 4.05. The fourth-order valence-electron chi connectivity index (χ4n) is 1.47. The van der Waals surface area contributed by atoms with Crippen LogP contribution in [0.4, 0.5) is 0 Å². The lowest BCUT2D eigenvalue weighted by Gasteiger charge is -2.06. The van der Waals surface area contributed by atoms with Gasteiger partial charge < -0.3 is 0 Å². The Labute approximate surface area is 98.7 Å². The summed E-state index contributed by atoms with van der Waals surface area (Å²) in [6.45, 7) is 0. The molecular weight excluding hydrogens is 229 g/mol. The summed E-state index contributed by atoms with van der Waals surface area (Å²) in [5, 5.41) is 0.727. The number of pyridine rings is 1. The molecule has 1 heterocycles. The Morgan fingerprint density at radius 3 is 2.80 bits per heavy atom. The van der Waals surface area contributed by atoms with Crippen molar-refractivity contribution in [3.63, 3.8) is 0 Å². The van der Waals surface area contributed by atoms with E-state index in [4.69, 9.17) is 23.2 Å². The van der Waals surface area contributed by atoms with E-state index in [0.29, 0.717) is 5.88 Å². The Morgan fingerprint density at radius 1 is 1.20 bits per heavy atom. The molecule has 15 heavy (non-hydrogen) atoms. The molecular formula is C12H9Cl2N. The van der Waals surface area contributed by atoms with Gasteiger partial charge in [-0.2, -0.15) is 0 Å². The highest BCUT2D eigenvalue weighted by molar-refractivity contribution is 6.30. The van der Waals surface area contributed by atoms with E-state index in [0.717, 1.165) is 21.7 Å². The normalized spacial score (nSPS) is 10.3. The molecule has 0 atom stereocenters. The third-order valence-electron chi connectivity index (χ3n) is 2.18. The monoisotopic (exact) mass is 237 g/mol. The number of rotatable bonds is 2. The number of hydrogen-bond donors (Lipinski definition) is 0. The predicted octanol–water partition coefficient (Wildman–Crippen LogP) is 4.14. The lowest BCUT2D eigenvalue weighted by Crippen LogP contribution is -1.87. The van der Waals surface area contributed by atoms with E-state index in [-0.39, 0.29) is 0 Å². The van der Waals surface area contributed by atoms with E-state index in [1.165, 1.54) is 0 Å². The fraction of sp³-hybridized carbons (Fsp3) is 0.0833. The molecule has 0 unspecified atom stereocenters. The standard InChI is InChI=1S/C12H9Cl2N/c13-7-10-8-15-5-4-12(10)9-2-1-3-11(14)6-9/h1-6,8H,7H2. The summed E-state index contributed by atoms with van der Waals surface area (Å²) in [6, 6.07) is 9.66. The molecule has 2 rings (SSSR count). The van der Waals surface area contributed by atoms with Crippen LogP contribution in [0.5, 0.6) is 0 Å². The maximum Gasteiger partial charge on any atom is 0.0495 e. The van der Waals surface area contributed by atoms with Crippen LogP contribution in [-0.2, 0) is 5.88 Å². The molecule has 0 bridgehead atoms. The first-order valence-electron chi connectivity index (χ1n) is 4.56. The number of aromatic nitrogens is 1. The van der Waals surface area contributed by atoms with Crippen molar-refractivity contribution in [2.45, 2.75) is 5.88 Å². The van der Waals surface area contributed by atoms with Crippen molar-refractivity contribution in [1.82, 2.24) is 4.98 Å². The van der Waals surface area contributed by atoms with Crippen LogP contribution >= 0.6 is 23.2 Å². The third-order valence-corrected chi connectivity index (χ3v) is 2.71. The maximum absolute atomic E-state index is 5.94. The van der Waals surface area contributed by atoms with Gasteiger partial charge >= 0.3 is 0 Å². The Morgan fingerprint density at radius 2 is 2.07 bits per heavy atom. The Kier molecular flexibility index (Phi) is 3.24. The summed E-state index contributed by atoms with van der Waals surface area (Å²) in [7, 11) is 0. The molecule has 0 aliphatic rings. The molecule has 0 saturated carbocycles. The zero-order valence-corrected chi connectivity index (χ0v) is 9.46. The van der Waals surface area contributed by atoms with Crippen LogP contribution in [0.2, 0.25) is 5.02 Å². The lowest BCUT2D eigenvalue weighted by molar-refractivity contribution is 1.25. The smallest absolute Gasteiger partial charge is 0.0495 e. The van der Waals surface area contributed by atoms with Crippen molar-refractivity contribution < 1.29 is 0 Å². The van der Waals surface area contributed by atoms with Gasteiger partial charge in [-0.15, -0.1) is 11.6 Å². The van der Waals surface area contributed by atoms with Crippen LogP contribution in [0.1, 0.15) is 5.56 Å². The van der Waals surface area contributed by atoms with E-state index in [2.05, 4.69) is 4.98 Å². The molecule has 0 aliphatic carbocycles. The van der Waals surface area contributed by atoms with Crippen molar-refractivity contribution in [2.24, 2.45) is 0 Å².